The molecule has 0 fully saturated rings. The highest BCUT2D eigenvalue weighted by Gasteiger charge is 2.18. The van der Waals surface area contributed by atoms with E-state index in [1.165, 1.54) is 38.5 Å². The fraction of sp³-hybridized carbons (Fsp3) is 0.276. The molecular weight excluding hydrogens is 861 g/mol. The maximum absolute atomic E-state index is 6.68. The van der Waals surface area contributed by atoms with Crippen molar-refractivity contribution in [3.63, 3.8) is 0 Å². The van der Waals surface area contributed by atoms with Crippen LogP contribution in [0.4, 0.5) is 0 Å². The fourth-order valence-corrected chi connectivity index (χ4v) is 8.58. The Hall–Kier alpha value is -7.66. The Morgan fingerprint density at radius 1 is 0.391 bits per heavy atom. The van der Waals surface area contributed by atoms with E-state index in [1.54, 1.807) is 0 Å². The molecule has 11 nitrogen and oxygen atoms in total. The number of rotatable bonds is 22. The molecule has 3 heterocycles. The van der Waals surface area contributed by atoms with E-state index in [1.807, 2.05) is 48.5 Å². The van der Waals surface area contributed by atoms with Crippen molar-refractivity contribution < 1.29 is 22.7 Å². The van der Waals surface area contributed by atoms with Crippen LogP contribution >= 0.6 is 0 Å². The van der Waals surface area contributed by atoms with Crippen LogP contribution in [0, 0.1) is 11.8 Å². The van der Waals surface area contributed by atoms with E-state index in [-0.39, 0.29) is 0 Å². The minimum Gasteiger partial charge on any atom is -0.493 e. The first-order valence-corrected chi connectivity index (χ1v) is 24.3. The molecule has 11 heteroatoms. The van der Waals surface area contributed by atoms with Crippen molar-refractivity contribution in [2.45, 2.75) is 79.1 Å². The quantitative estimate of drug-likeness (QED) is 0.0643. The number of hydrogen-bond acceptors (Lipinski definition) is 11. The van der Waals surface area contributed by atoms with Gasteiger partial charge in [-0.2, -0.15) is 0 Å². The molecule has 0 aliphatic carbocycles. The van der Waals surface area contributed by atoms with Crippen molar-refractivity contribution in [2.24, 2.45) is 11.8 Å². The molecule has 0 spiro atoms. The molecule has 350 valence electrons. The Labute approximate surface area is 404 Å². The van der Waals surface area contributed by atoms with Gasteiger partial charge in [0, 0.05) is 33.4 Å². The standard InChI is InChI=1S/C58H58N6O5/c1-5-9-11-39(7-3)35-65-53-34-50(30-31-51(53)43-17-25-46(26-18-43)56-62-60-38-68-56)42-15-23-47(24-16-42)57-63-64-58(69-57)48-27-19-44(20-28-48)52-32-29-49(33-54(52)66-36-40(8-4)12-10-6-2)41-13-21-45(22-14-41)55-61-59-37-67-55/h13-34,37-40H,5-12,35-36H2,1-4H3. The zero-order valence-electron chi connectivity index (χ0n) is 39.8. The summed E-state index contributed by atoms with van der Waals surface area (Å²) < 4.78 is 30.5. The van der Waals surface area contributed by atoms with Crippen LogP contribution in [0.1, 0.15) is 79.1 Å². The van der Waals surface area contributed by atoms with Crippen LogP contribution in [0.15, 0.2) is 159 Å². The van der Waals surface area contributed by atoms with Gasteiger partial charge in [0.2, 0.25) is 36.4 Å². The first kappa shape index (κ1) is 46.5. The zero-order chi connectivity index (χ0) is 47.4. The lowest BCUT2D eigenvalue weighted by Crippen LogP contribution is -2.11. The first-order valence-electron chi connectivity index (χ1n) is 24.3. The van der Waals surface area contributed by atoms with Crippen LogP contribution in [-0.2, 0) is 0 Å². The SMILES string of the molecule is CCCCC(CC)COc1cc(-c2ccc(-c3nnc(-c4ccc(-c5ccc(-c6ccc(-c7nnco7)cc6)cc5OCC(CC)CCCC)cc4)o3)cc2)ccc1-c1ccc(-c2nnco2)cc1. The van der Waals surface area contributed by atoms with Gasteiger partial charge in [-0.05, 0) is 119 Å². The molecule has 0 radical (unpaired) electrons. The lowest BCUT2D eigenvalue weighted by molar-refractivity contribution is 0.234. The smallest absolute Gasteiger partial charge is 0.248 e. The van der Waals surface area contributed by atoms with Gasteiger partial charge in [0.05, 0.1) is 13.2 Å². The Kier molecular flexibility index (Phi) is 15.1. The molecular formula is C58H58N6O5. The summed E-state index contributed by atoms with van der Waals surface area (Å²) in [6.07, 6.45) is 11.9. The van der Waals surface area contributed by atoms with Crippen molar-refractivity contribution >= 4 is 0 Å². The van der Waals surface area contributed by atoms with Gasteiger partial charge in [0.1, 0.15) is 11.5 Å². The average Bonchev–Trinajstić information content (AvgIpc) is 4.25. The van der Waals surface area contributed by atoms with Crippen LogP contribution in [0.5, 0.6) is 11.5 Å². The topological polar surface area (TPSA) is 135 Å². The molecule has 0 saturated carbocycles. The number of hydrogen-bond donors (Lipinski definition) is 0. The molecule has 3 aromatic heterocycles. The van der Waals surface area contributed by atoms with Gasteiger partial charge in [-0.1, -0.05) is 139 Å². The predicted molar refractivity (Wildman–Crippen MR) is 271 cm³/mol. The van der Waals surface area contributed by atoms with Crippen molar-refractivity contribution in [1.29, 1.82) is 0 Å². The Bertz CT molecular complexity index is 2980. The number of unbranched alkanes of at least 4 members (excludes halogenated alkanes) is 2. The molecule has 0 aliphatic rings. The Morgan fingerprint density at radius 3 is 1.09 bits per heavy atom. The maximum atomic E-state index is 6.68. The molecule has 0 N–H and O–H groups in total. The Morgan fingerprint density at radius 2 is 0.739 bits per heavy atom. The highest BCUT2D eigenvalue weighted by Crippen LogP contribution is 2.39. The molecule has 2 atom stereocenters. The molecule has 0 amide bonds. The van der Waals surface area contributed by atoms with Gasteiger partial charge in [0.15, 0.2) is 0 Å². The summed E-state index contributed by atoms with van der Waals surface area (Å²) in [7, 11) is 0. The van der Waals surface area contributed by atoms with E-state index in [0.29, 0.717) is 48.6 Å². The highest BCUT2D eigenvalue weighted by molar-refractivity contribution is 5.80. The summed E-state index contributed by atoms with van der Waals surface area (Å²) in [5.74, 6) is 4.55. The second kappa shape index (κ2) is 22.4. The van der Waals surface area contributed by atoms with E-state index in [0.717, 1.165) is 104 Å². The van der Waals surface area contributed by atoms with E-state index in [9.17, 15) is 0 Å². The highest BCUT2D eigenvalue weighted by atomic mass is 16.5. The number of nitrogens with zero attached hydrogens (tertiary/aromatic N) is 6. The third kappa shape index (κ3) is 11.2. The monoisotopic (exact) mass is 918 g/mol. The van der Waals surface area contributed by atoms with Gasteiger partial charge in [-0.15, -0.1) is 30.6 Å². The van der Waals surface area contributed by atoms with Gasteiger partial charge in [-0.25, -0.2) is 0 Å². The van der Waals surface area contributed by atoms with E-state index < -0.39 is 0 Å². The predicted octanol–water partition coefficient (Wildman–Crippen LogP) is 15.4. The largest absolute Gasteiger partial charge is 0.493 e. The molecule has 2 unspecified atom stereocenters. The maximum Gasteiger partial charge on any atom is 0.248 e. The third-order valence-corrected chi connectivity index (χ3v) is 13.0. The number of aromatic nitrogens is 6. The molecule has 9 aromatic rings. The van der Waals surface area contributed by atoms with Crippen molar-refractivity contribution in [1.82, 2.24) is 30.6 Å². The van der Waals surface area contributed by atoms with Gasteiger partial charge in [0.25, 0.3) is 0 Å². The summed E-state index contributed by atoms with van der Waals surface area (Å²) in [4.78, 5) is 0. The second-order valence-corrected chi connectivity index (χ2v) is 17.6. The van der Waals surface area contributed by atoms with Crippen LogP contribution in [-0.4, -0.2) is 43.8 Å². The zero-order valence-corrected chi connectivity index (χ0v) is 39.8. The number of ether oxygens (including phenoxy) is 2. The lowest BCUT2D eigenvalue weighted by Gasteiger charge is -2.19. The molecule has 6 aromatic carbocycles. The summed E-state index contributed by atoms with van der Waals surface area (Å²) >= 11 is 0. The van der Waals surface area contributed by atoms with Gasteiger partial charge >= 0.3 is 0 Å². The minimum atomic E-state index is 0.449. The second-order valence-electron chi connectivity index (χ2n) is 17.6. The first-order chi connectivity index (χ1) is 34.0. The van der Waals surface area contributed by atoms with E-state index in [4.69, 9.17) is 22.7 Å². The molecule has 0 bridgehead atoms. The number of benzene rings is 6. The summed E-state index contributed by atoms with van der Waals surface area (Å²) in [5.41, 5.74) is 11.8. The normalized spacial score (nSPS) is 12.2. The molecule has 9 rings (SSSR count). The lowest BCUT2D eigenvalue weighted by atomic mass is 9.97. The van der Waals surface area contributed by atoms with Crippen LogP contribution in [0.2, 0.25) is 0 Å². The van der Waals surface area contributed by atoms with Crippen LogP contribution in [0.3, 0.4) is 0 Å². The summed E-state index contributed by atoms with van der Waals surface area (Å²) in [6.45, 7) is 10.3. The summed E-state index contributed by atoms with van der Waals surface area (Å²) in [6, 6.07) is 45.6. The van der Waals surface area contributed by atoms with Crippen LogP contribution in [0.25, 0.3) is 90.3 Å². The average molecular weight is 919 g/mol. The van der Waals surface area contributed by atoms with Gasteiger partial charge in [-0.3, -0.25) is 0 Å². The third-order valence-electron chi connectivity index (χ3n) is 13.0. The molecule has 0 saturated heterocycles. The Balaban J connectivity index is 0.924. The van der Waals surface area contributed by atoms with Crippen molar-refractivity contribution in [2.75, 3.05) is 13.2 Å². The van der Waals surface area contributed by atoms with Gasteiger partial charge < -0.3 is 22.7 Å². The molecule has 69 heavy (non-hydrogen) atoms. The summed E-state index contributed by atoms with van der Waals surface area (Å²) in [5, 5.41) is 24.7. The molecule has 0 aliphatic heterocycles. The van der Waals surface area contributed by atoms with Crippen molar-refractivity contribution in [3.05, 3.63) is 146 Å². The van der Waals surface area contributed by atoms with E-state index >= 15 is 0 Å². The fourth-order valence-electron chi connectivity index (χ4n) is 8.58. The van der Waals surface area contributed by atoms with E-state index in [2.05, 4.69) is 143 Å². The van der Waals surface area contributed by atoms with Crippen molar-refractivity contribution in [3.8, 4) is 102 Å². The minimum absolute atomic E-state index is 0.449. The van der Waals surface area contributed by atoms with Crippen LogP contribution < -0.4 is 9.47 Å².